The molecule has 0 amide bonds. The highest BCUT2D eigenvalue weighted by Crippen LogP contribution is 2.26. The Balaban J connectivity index is 1.75. The Morgan fingerprint density at radius 3 is 2.78 bits per heavy atom. The van der Waals surface area contributed by atoms with Crippen LogP contribution in [0.5, 0.6) is 0 Å². The Labute approximate surface area is 161 Å². The molecule has 1 aromatic rings. The SMILES string of the molecule is O=C(O)CCC/C=C\C[C@H]1[C@@H](O)CO[C@@H]1/C=C/[C@@H](O)CCc1ccccc1. The van der Waals surface area contributed by atoms with Gasteiger partial charge in [0.15, 0.2) is 0 Å². The highest BCUT2D eigenvalue weighted by atomic mass is 16.5. The minimum Gasteiger partial charge on any atom is -0.481 e. The molecule has 1 aliphatic rings. The van der Waals surface area contributed by atoms with Crippen LogP contribution in [0.4, 0.5) is 0 Å². The number of carboxylic acid groups (broad SMARTS) is 1. The molecule has 0 aliphatic carbocycles. The van der Waals surface area contributed by atoms with Crippen LogP contribution in [0, 0.1) is 5.92 Å². The van der Waals surface area contributed by atoms with Crippen molar-refractivity contribution in [2.45, 2.75) is 56.8 Å². The summed E-state index contributed by atoms with van der Waals surface area (Å²) in [7, 11) is 0. The highest BCUT2D eigenvalue weighted by molar-refractivity contribution is 5.66. The normalized spacial score (nSPS) is 24.0. The van der Waals surface area contributed by atoms with E-state index in [0.29, 0.717) is 32.3 Å². The second-order valence-electron chi connectivity index (χ2n) is 7.00. The maximum absolute atomic E-state index is 10.5. The second kappa shape index (κ2) is 11.7. The fourth-order valence-corrected chi connectivity index (χ4v) is 3.20. The summed E-state index contributed by atoms with van der Waals surface area (Å²) in [4.78, 5) is 10.5. The van der Waals surface area contributed by atoms with Crippen molar-refractivity contribution in [3.05, 3.63) is 60.2 Å². The lowest BCUT2D eigenvalue weighted by Crippen LogP contribution is -2.22. The molecule has 2 rings (SSSR count). The first-order chi connectivity index (χ1) is 13.1. The third kappa shape index (κ3) is 8.08. The molecule has 0 spiro atoms. The number of unbranched alkanes of at least 4 members (excludes halogenated alkanes) is 1. The molecule has 1 aliphatic heterocycles. The fourth-order valence-electron chi connectivity index (χ4n) is 3.20. The minimum atomic E-state index is -0.779. The number of rotatable bonds is 11. The average Bonchev–Trinajstić information content (AvgIpc) is 3.01. The summed E-state index contributed by atoms with van der Waals surface area (Å²) in [5, 5.41) is 28.9. The van der Waals surface area contributed by atoms with Crippen molar-refractivity contribution in [2.75, 3.05) is 6.61 Å². The monoisotopic (exact) mass is 374 g/mol. The summed E-state index contributed by atoms with van der Waals surface area (Å²) in [5.74, 6) is -0.822. The number of aliphatic hydroxyl groups excluding tert-OH is 2. The van der Waals surface area contributed by atoms with E-state index in [0.717, 1.165) is 6.42 Å². The lowest BCUT2D eigenvalue weighted by Gasteiger charge is -2.16. The van der Waals surface area contributed by atoms with Gasteiger partial charge in [0, 0.05) is 12.3 Å². The molecule has 1 heterocycles. The summed E-state index contributed by atoms with van der Waals surface area (Å²) < 4.78 is 5.64. The van der Waals surface area contributed by atoms with E-state index in [9.17, 15) is 15.0 Å². The van der Waals surface area contributed by atoms with Crippen LogP contribution in [0.3, 0.4) is 0 Å². The van der Waals surface area contributed by atoms with Crippen molar-refractivity contribution in [3.8, 4) is 0 Å². The molecule has 148 valence electrons. The van der Waals surface area contributed by atoms with Crippen molar-refractivity contribution in [2.24, 2.45) is 5.92 Å². The lowest BCUT2D eigenvalue weighted by molar-refractivity contribution is -0.137. The van der Waals surface area contributed by atoms with Crippen molar-refractivity contribution in [3.63, 3.8) is 0 Å². The highest BCUT2D eigenvalue weighted by Gasteiger charge is 2.33. The molecule has 5 heteroatoms. The van der Waals surface area contributed by atoms with E-state index in [1.807, 2.05) is 48.6 Å². The van der Waals surface area contributed by atoms with Crippen LogP contribution in [0.15, 0.2) is 54.6 Å². The fraction of sp³-hybridized carbons (Fsp3) is 0.500. The number of hydrogen-bond donors (Lipinski definition) is 3. The van der Waals surface area contributed by atoms with Gasteiger partial charge in [-0.25, -0.2) is 0 Å². The van der Waals surface area contributed by atoms with Crippen LogP contribution < -0.4 is 0 Å². The summed E-state index contributed by atoms with van der Waals surface area (Å²) >= 11 is 0. The van der Waals surface area contributed by atoms with E-state index in [-0.39, 0.29) is 18.4 Å². The van der Waals surface area contributed by atoms with Crippen molar-refractivity contribution in [1.29, 1.82) is 0 Å². The van der Waals surface area contributed by atoms with Crippen molar-refractivity contribution >= 4 is 5.97 Å². The number of aliphatic carboxylic acids is 1. The third-order valence-corrected chi connectivity index (χ3v) is 4.81. The van der Waals surface area contributed by atoms with Gasteiger partial charge in [-0.05, 0) is 37.7 Å². The molecule has 3 N–H and O–H groups in total. The summed E-state index contributed by atoms with van der Waals surface area (Å²) in [6, 6.07) is 10.1. The molecule has 0 unspecified atom stereocenters. The average molecular weight is 374 g/mol. The van der Waals surface area contributed by atoms with Crippen LogP contribution >= 0.6 is 0 Å². The lowest BCUT2D eigenvalue weighted by atomic mass is 9.94. The number of aryl methyl sites for hydroxylation is 1. The van der Waals surface area contributed by atoms with Crippen molar-refractivity contribution < 1.29 is 24.9 Å². The van der Waals surface area contributed by atoms with Crippen LogP contribution in [0.25, 0.3) is 0 Å². The van der Waals surface area contributed by atoms with Gasteiger partial charge in [0.2, 0.25) is 0 Å². The van der Waals surface area contributed by atoms with Gasteiger partial charge in [-0.15, -0.1) is 0 Å². The van der Waals surface area contributed by atoms with Gasteiger partial charge < -0.3 is 20.1 Å². The van der Waals surface area contributed by atoms with Crippen LogP contribution in [-0.2, 0) is 16.0 Å². The number of hydrogen-bond acceptors (Lipinski definition) is 4. The van der Waals surface area contributed by atoms with Gasteiger partial charge in [-0.1, -0.05) is 54.6 Å². The first-order valence-corrected chi connectivity index (χ1v) is 9.63. The molecule has 0 radical (unpaired) electrons. The van der Waals surface area contributed by atoms with Gasteiger partial charge in [-0.2, -0.15) is 0 Å². The maximum Gasteiger partial charge on any atom is 0.303 e. The molecule has 0 bridgehead atoms. The zero-order valence-electron chi connectivity index (χ0n) is 15.6. The standard InChI is InChI=1S/C22H30O5/c23-18(13-12-17-8-4-3-5-9-17)14-15-21-19(20(24)16-27-21)10-6-1-2-7-11-22(25)26/h1,3-6,8-9,14-15,18-21,23-24H,2,7,10-13,16H2,(H,25,26)/b6-1-,15-14+/t18-,19-,20-,21+/m0/s1. The smallest absolute Gasteiger partial charge is 0.303 e. The Bertz CT molecular complexity index is 610. The van der Waals surface area contributed by atoms with Gasteiger partial charge in [0.25, 0.3) is 0 Å². The number of carbonyl (C=O) groups is 1. The van der Waals surface area contributed by atoms with Crippen LogP contribution in [0.2, 0.25) is 0 Å². The predicted molar refractivity (Wildman–Crippen MR) is 104 cm³/mol. The zero-order chi connectivity index (χ0) is 19.5. The first-order valence-electron chi connectivity index (χ1n) is 9.63. The molecule has 1 fully saturated rings. The first kappa shape index (κ1) is 21.4. The zero-order valence-corrected chi connectivity index (χ0v) is 15.6. The van der Waals surface area contributed by atoms with E-state index in [2.05, 4.69) is 0 Å². The largest absolute Gasteiger partial charge is 0.481 e. The van der Waals surface area contributed by atoms with E-state index in [1.54, 1.807) is 6.08 Å². The van der Waals surface area contributed by atoms with Crippen LogP contribution in [0.1, 0.15) is 37.7 Å². The number of carboxylic acids is 1. The Kier molecular flexibility index (Phi) is 9.25. The molecule has 0 saturated carbocycles. The molecule has 27 heavy (non-hydrogen) atoms. The molecule has 4 atom stereocenters. The molecule has 0 aromatic heterocycles. The Hall–Kier alpha value is -1.95. The van der Waals surface area contributed by atoms with E-state index < -0.39 is 18.2 Å². The van der Waals surface area contributed by atoms with E-state index in [1.165, 1.54) is 5.56 Å². The quantitative estimate of drug-likeness (QED) is 0.409. The number of aliphatic hydroxyl groups is 2. The maximum atomic E-state index is 10.5. The Morgan fingerprint density at radius 1 is 1.26 bits per heavy atom. The molecular weight excluding hydrogens is 344 g/mol. The van der Waals surface area contributed by atoms with Gasteiger partial charge in [-0.3, -0.25) is 4.79 Å². The summed E-state index contributed by atoms with van der Waals surface area (Å²) in [5.41, 5.74) is 1.20. The molecule has 1 saturated heterocycles. The summed E-state index contributed by atoms with van der Waals surface area (Å²) in [6.45, 7) is 0.298. The summed E-state index contributed by atoms with van der Waals surface area (Å²) in [6.07, 6.45) is 9.91. The predicted octanol–water partition coefficient (Wildman–Crippen LogP) is 3.11. The van der Waals surface area contributed by atoms with Gasteiger partial charge in [0.1, 0.15) is 0 Å². The minimum absolute atomic E-state index is 0.0432. The second-order valence-corrected chi connectivity index (χ2v) is 7.00. The molecular formula is C22H30O5. The van der Waals surface area contributed by atoms with Crippen LogP contribution in [-0.4, -0.2) is 46.2 Å². The van der Waals surface area contributed by atoms with Crippen molar-refractivity contribution in [1.82, 2.24) is 0 Å². The van der Waals surface area contributed by atoms with E-state index >= 15 is 0 Å². The molecule has 1 aromatic carbocycles. The third-order valence-electron chi connectivity index (χ3n) is 4.81. The van der Waals surface area contributed by atoms with E-state index in [4.69, 9.17) is 9.84 Å². The van der Waals surface area contributed by atoms with Gasteiger partial charge in [0.05, 0.1) is 24.9 Å². The Morgan fingerprint density at radius 2 is 2.04 bits per heavy atom. The number of allylic oxidation sites excluding steroid dienone is 2. The number of benzene rings is 1. The molecule has 5 nitrogen and oxygen atoms in total. The number of ether oxygens (including phenoxy) is 1. The topological polar surface area (TPSA) is 87.0 Å². The van der Waals surface area contributed by atoms with Gasteiger partial charge >= 0.3 is 5.97 Å².